The molecule has 0 saturated heterocycles. The summed E-state index contributed by atoms with van der Waals surface area (Å²) < 4.78 is 1.28. The first-order valence-electron chi connectivity index (χ1n) is 6.11. The second kappa shape index (κ2) is 4.90. The molecule has 100 valence electrons. The minimum absolute atomic E-state index is 0.0395. The number of aromatic nitrogens is 2. The number of nitrogens with one attached hydrogen (secondary N) is 1. The van der Waals surface area contributed by atoms with E-state index in [1.54, 1.807) is 0 Å². The maximum Gasteiger partial charge on any atom is 0.328 e. The van der Waals surface area contributed by atoms with Crippen molar-refractivity contribution in [1.82, 2.24) is 9.55 Å². The van der Waals surface area contributed by atoms with Crippen LogP contribution in [0.3, 0.4) is 0 Å². The Kier molecular flexibility index (Phi) is 3.64. The predicted molar refractivity (Wildman–Crippen MR) is 68.9 cm³/mol. The van der Waals surface area contributed by atoms with Gasteiger partial charge in [0.05, 0.1) is 12.1 Å². The Labute approximate surface area is 109 Å². The van der Waals surface area contributed by atoms with Crippen LogP contribution in [0.25, 0.3) is 0 Å². The van der Waals surface area contributed by atoms with Gasteiger partial charge in [-0.05, 0) is 31.6 Å². The van der Waals surface area contributed by atoms with Crippen LogP contribution in [-0.2, 0) is 6.54 Å². The van der Waals surface area contributed by atoms with Gasteiger partial charge >= 0.3 is 5.69 Å². The lowest BCUT2D eigenvalue weighted by Crippen LogP contribution is -2.42. The minimum Gasteiger partial charge on any atom is -0.388 e. The van der Waals surface area contributed by atoms with Crippen LogP contribution in [-0.4, -0.2) is 20.3 Å². The summed E-state index contributed by atoms with van der Waals surface area (Å²) in [6.07, 6.45) is 4.51. The Morgan fingerprint density at radius 3 is 2.72 bits per heavy atom. The molecular weight excluding hydrogens is 256 g/mol. The van der Waals surface area contributed by atoms with Crippen molar-refractivity contribution in [3.05, 3.63) is 32.1 Å². The quantitative estimate of drug-likeness (QED) is 0.847. The van der Waals surface area contributed by atoms with Gasteiger partial charge in [0.1, 0.15) is 5.02 Å². The SMILES string of the molecule is CC1CCC(O)(Cn2cc(Cl)c(=O)[nH]c2=O)CC1. The van der Waals surface area contributed by atoms with Crippen molar-refractivity contribution in [1.29, 1.82) is 0 Å². The third-order valence-corrected chi connectivity index (χ3v) is 3.91. The van der Waals surface area contributed by atoms with Crippen LogP contribution in [0, 0.1) is 5.92 Å². The number of aliphatic hydroxyl groups is 1. The summed E-state index contributed by atoms with van der Waals surface area (Å²) in [6, 6.07) is 0. The standard InChI is InChI=1S/C12H17ClN2O3/c1-8-2-4-12(18,5-3-8)7-15-6-9(13)10(16)14-11(15)17/h6,8,18H,2-5,7H2,1H3,(H,14,16,17). The third kappa shape index (κ3) is 2.84. The van der Waals surface area contributed by atoms with Crippen LogP contribution in [0.1, 0.15) is 32.6 Å². The molecule has 1 fully saturated rings. The van der Waals surface area contributed by atoms with E-state index in [9.17, 15) is 14.7 Å². The summed E-state index contributed by atoms with van der Waals surface area (Å²) >= 11 is 5.69. The fraction of sp³-hybridized carbons (Fsp3) is 0.667. The molecule has 0 radical (unpaired) electrons. The fourth-order valence-corrected chi connectivity index (χ4v) is 2.54. The van der Waals surface area contributed by atoms with Gasteiger partial charge in [0.25, 0.3) is 5.56 Å². The Morgan fingerprint density at radius 1 is 1.50 bits per heavy atom. The zero-order valence-electron chi connectivity index (χ0n) is 10.3. The van der Waals surface area contributed by atoms with Crippen molar-refractivity contribution in [3.63, 3.8) is 0 Å². The summed E-state index contributed by atoms with van der Waals surface area (Å²) in [5.74, 6) is 0.612. The zero-order valence-corrected chi connectivity index (χ0v) is 11.0. The molecule has 5 nitrogen and oxygen atoms in total. The van der Waals surface area contributed by atoms with Gasteiger partial charge in [-0.3, -0.25) is 14.3 Å². The smallest absolute Gasteiger partial charge is 0.328 e. The number of nitrogens with zero attached hydrogens (tertiary/aromatic N) is 1. The minimum atomic E-state index is -0.877. The highest BCUT2D eigenvalue weighted by Gasteiger charge is 2.32. The Morgan fingerprint density at radius 2 is 2.11 bits per heavy atom. The fourth-order valence-electron chi connectivity index (χ4n) is 2.37. The van der Waals surface area contributed by atoms with Gasteiger partial charge in [-0.1, -0.05) is 18.5 Å². The largest absolute Gasteiger partial charge is 0.388 e. The molecule has 0 aliphatic heterocycles. The monoisotopic (exact) mass is 272 g/mol. The maximum absolute atomic E-state index is 11.6. The summed E-state index contributed by atoms with van der Waals surface area (Å²) in [6.45, 7) is 2.33. The zero-order chi connectivity index (χ0) is 13.3. The highest BCUT2D eigenvalue weighted by atomic mass is 35.5. The van der Waals surface area contributed by atoms with Crippen molar-refractivity contribution < 1.29 is 5.11 Å². The van der Waals surface area contributed by atoms with Crippen LogP contribution < -0.4 is 11.2 Å². The van der Waals surface area contributed by atoms with Crippen molar-refractivity contribution in [2.24, 2.45) is 5.92 Å². The molecule has 0 aromatic carbocycles. The van der Waals surface area contributed by atoms with Gasteiger partial charge in [0, 0.05) is 6.20 Å². The molecule has 18 heavy (non-hydrogen) atoms. The first kappa shape index (κ1) is 13.4. The molecule has 0 bridgehead atoms. The lowest BCUT2D eigenvalue weighted by Gasteiger charge is -2.35. The van der Waals surface area contributed by atoms with Gasteiger partial charge in [-0.15, -0.1) is 0 Å². The van der Waals surface area contributed by atoms with Crippen LogP contribution in [0.15, 0.2) is 15.8 Å². The van der Waals surface area contributed by atoms with E-state index in [0.717, 1.165) is 12.8 Å². The summed E-state index contributed by atoms with van der Waals surface area (Å²) in [5, 5.41) is 10.4. The summed E-state index contributed by atoms with van der Waals surface area (Å²) in [4.78, 5) is 24.9. The topological polar surface area (TPSA) is 75.1 Å². The molecule has 2 N–H and O–H groups in total. The van der Waals surface area contributed by atoms with Crippen molar-refractivity contribution in [2.45, 2.75) is 44.8 Å². The Hall–Kier alpha value is -1.07. The van der Waals surface area contributed by atoms with Crippen LogP contribution in [0.5, 0.6) is 0 Å². The van der Waals surface area contributed by atoms with Gasteiger partial charge in [0.2, 0.25) is 0 Å². The van der Waals surface area contributed by atoms with E-state index >= 15 is 0 Å². The van der Waals surface area contributed by atoms with Gasteiger partial charge in [0.15, 0.2) is 0 Å². The van der Waals surface area contributed by atoms with Crippen molar-refractivity contribution >= 4 is 11.6 Å². The summed E-state index contributed by atoms with van der Waals surface area (Å²) in [5.41, 5.74) is -2.00. The predicted octanol–water partition coefficient (Wildman–Crippen LogP) is 1.13. The molecule has 1 aromatic heterocycles. The molecule has 0 atom stereocenters. The number of hydrogen-bond acceptors (Lipinski definition) is 3. The molecule has 1 aliphatic rings. The first-order valence-corrected chi connectivity index (χ1v) is 6.49. The molecule has 1 aromatic rings. The molecule has 1 aliphatic carbocycles. The van der Waals surface area contributed by atoms with Crippen molar-refractivity contribution in [3.8, 4) is 0 Å². The number of H-pyrrole nitrogens is 1. The van der Waals surface area contributed by atoms with E-state index < -0.39 is 16.9 Å². The number of aromatic amines is 1. The van der Waals surface area contributed by atoms with E-state index in [4.69, 9.17) is 11.6 Å². The normalized spacial score (nSPS) is 28.3. The van der Waals surface area contributed by atoms with E-state index in [0.29, 0.717) is 18.8 Å². The highest BCUT2D eigenvalue weighted by Crippen LogP contribution is 2.32. The second-order valence-electron chi connectivity index (χ2n) is 5.27. The van der Waals surface area contributed by atoms with Gasteiger partial charge in [-0.25, -0.2) is 4.79 Å². The molecule has 0 unspecified atom stereocenters. The third-order valence-electron chi connectivity index (χ3n) is 3.64. The van der Waals surface area contributed by atoms with Gasteiger partial charge < -0.3 is 5.11 Å². The van der Waals surface area contributed by atoms with Crippen LogP contribution in [0.4, 0.5) is 0 Å². The number of halogens is 1. The molecule has 0 spiro atoms. The van der Waals surface area contributed by atoms with Gasteiger partial charge in [-0.2, -0.15) is 0 Å². The maximum atomic E-state index is 11.6. The highest BCUT2D eigenvalue weighted by molar-refractivity contribution is 6.30. The van der Waals surface area contributed by atoms with Crippen LogP contribution in [0.2, 0.25) is 5.02 Å². The average molecular weight is 273 g/mol. The molecule has 1 heterocycles. The van der Waals surface area contributed by atoms with E-state index in [1.165, 1.54) is 10.8 Å². The molecule has 6 heteroatoms. The van der Waals surface area contributed by atoms with E-state index in [-0.39, 0.29) is 11.6 Å². The number of rotatable bonds is 2. The Balaban J connectivity index is 2.21. The molecule has 0 amide bonds. The van der Waals surface area contributed by atoms with Crippen LogP contribution >= 0.6 is 11.6 Å². The van der Waals surface area contributed by atoms with E-state index in [1.807, 2.05) is 0 Å². The average Bonchev–Trinajstić information content (AvgIpc) is 2.30. The summed E-state index contributed by atoms with van der Waals surface area (Å²) in [7, 11) is 0. The lowest BCUT2D eigenvalue weighted by atomic mass is 9.79. The molecule has 2 rings (SSSR count). The lowest BCUT2D eigenvalue weighted by molar-refractivity contribution is -0.0227. The second-order valence-corrected chi connectivity index (χ2v) is 5.68. The van der Waals surface area contributed by atoms with E-state index in [2.05, 4.69) is 11.9 Å². The van der Waals surface area contributed by atoms with Crippen molar-refractivity contribution in [2.75, 3.05) is 0 Å². The Bertz CT molecular complexity index is 541. The molecule has 1 saturated carbocycles. The molecular formula is C12H17ClN2O3. The first-order chi connectivity index (χ1) is 8.39. The number of hydrogen-bond donors (Lipinski definition) is 2.